The fraction of sp³-hybridized carbons (Fsp3) is 0.211. The van der Waals surface area contributed by atoms with E-state index < -0.39 is 4.92 Å². The molecule has 0 aliphatic carbocycles. The first-order valence-corrected chi connectivity index (χ1v) is 9.49. The third-order valence-electron chi connectivity index (χ3n) is 4.21. The normalized spacial score (nSPS) is 10.8. The minimum Gasteiger partial charge on any atom is -0.326 e. The van der Waals surface area contributed by atoms with Gasteiger partial charge in [-0.1, -0.05) is 30.0 Å². The lowest BCUT2D eigenvalue weighted by molar-refractivity contribution is -0.384. The minimum atomic E-state index is -0.503. The van der Waals surface area contributed by atoms with E-state index in [2.05, 4.69) is 10.3 Å². The molecule has 28 heavy (non-hydrogen) atoms. The molecule has 0 saturated heterocycles. The number of rotatable bonds is 6. The number of carbonyl (C=O) groups is 1. The third kappa shape index (κ3) is 4.20. The summed E-state index contributed by atoms with van der Waals surface area (Å²) in [4.78, 5) is 39.5. The summed E-state index contributed by atoms with van der Waals surface area (Å²) < 4.78 is 1.47. The second kappa shape index (κ2) is 8.22. The highest BCUT2D eigenvalue weighted by atomic mass is 32.2. The molecule has 1 heterocycles. The van der Waals surface area contributed by atoms with Gasteiger partial charge in [0.15, 0.2) is 5.16 Å². The highest BCUT2D eigenvalue weighted by Crippen LogP contribution is 2.23. The zero-order valence-corrected chi connectivity index (χ0v) is 16.2. The second-order valence-electron chi connectivity index (χ2n) is 6.18. The van der Waals surface area contributed by atoms with Crippen molar-refractivity contribution in [2.75, 3.05) is 11.1 Å². The maximum atomic E-state index is 12.4. The Labute approximate surface area is 164 Å². The van der Waals surface area contributed by atoms with E-state index in [1.54, 1.807) is 38.2 Å². The highest BCUT2D eigenvalue weighted by molar-refractivity contribution is 7.99. The van der Waals surface area contributed by atoms with Crippen molar-refractivity contribution in [1.29, 1.82) is 0 Å². The number of nitrogens with one attached hydrogen (secondary N) is 1. The van der Waals surface area contributed by atoms with Gasteiger partial charge in [0.05, 0.1) is 21.5 Å². The number of nitrogens with zero attached hydrogens (tertiary/aromatic N) is 3. The van der Waals surface area contributed by atoms with Crippen molar-refractivity contribution in [2.45, 2.75) is 18.5 Å². The smallest absolute Gasteiger partial charge is 0.271 e. The summed E-state index contributed by atoms with van der Waals surface area (Å²) in [6.45, 7) is 1.77. The molecule has 144 valence electrons. The number of hydrogen-bond acceptors (Lipinski definition) is 6. The molecule has 9 heteroatoms. The van der Waals surface area contributed by atoms with Crippen LogP contribution in [0.2, 0.25) is 0 Å². The number of fused-ring (bicyclic) bond motifs is 1. The Hall–Kier alpha value is -3.20. The zero-order valence-electron chi connectivity index (χ0n) is 15.3. The van der Waals surface area contributed by atoms with Gasteiger partial charge in [-0.05, 0) is 24.6 Å². The Balaban J connectivity index is 1.66. The zero-order chi connectivity index (χ0) is 20.3. The summed E-state index contributed by atoms with van der Waals surface area (Å²) in [7, 11) is 1.65. The van der Waals surface area contributed by atoms with E-state index in [0.717, 1.165) is 5.56 Å². The van der Waals surface area contributed by atoms with E-state index in [4.69, 9.17) is 0 Å². The lowest BCUT2D eigenvalue weighted by atomic mass is 10.2. The van der Waals surface area contributed by atoms with Gasteiger partial charge in [-0.2, -0.15) is 0 Å². The second-order valence-corrected chi connectivity index (χ2v) is 7.24. The molecule has 0 spiro atoms. The molecule has 1 amide bonds. The van der Waals surface area contributed by atoms with Crippen molar-refractivity contribution < 1.29 is 9.72 Å². The van der Waals surface area contributed by atoms with Crippen molar-refractivity contribution in [3.05, 3.63) is 68.5 Å². The van der Waals surface area contributed by atoms with E-state index in [9.17, 15) is 19.7 Å². The third-order valence-corrected chi connectivity index (χ3v) is 5.24. The van der Waals surface area contributed by atoms with Gasteiger partial charge < -0.3 is 5.32 Å². The minimum absolute atomic E-state index is 0.0781. The molecule has 0 radical (unpaired) electrons. The van der Waals surface area contributed by atoms with Crippen LogP contribution in [0.25, 0.3) is 10.9 Å². The lowest BCUT2D eigenvalue weighted by Gasteiger charge is -2.10. The first-order valence-electron chi connectivity index (χ1n) is 8.50. The van der Waals surface area contributed by atoms with Gasteiger partial charge in [-0.25, -0.2) is 4.98 Å². The number of amides is 1. The van der Waals surface area contributed by atoms with Crippen molar-refractivity contribution in [2.24, 2.45) is 7.05 Å². The standard InChI is InChI=1S/C19H18N4O4S/c1-12-7-8-13(23(26)27)11-16(12)20-17(24)9-10-28-19-21-15-6-4-3-5-14(15)18(25)22(19)2/h3-8,11H,9-10H2,1-2H3,(H,20,24). The summed E-state index contributed by atoms with van der Waals surface area (Å²) in [5.74, 6) is 0.153. The average Bonchev–Trinajstić information content (AvgIpc) is 2.67. The number of carbonyl (C=O) groups excluding carboxylic acids is 1. The van der Waals surface area contributed by atoms with Gasteiger partial charge in [0.2, 0.25) is 5.91 Å². The fourth-order valence-corrected chi connectivity index (χ4v) is 3.54. The maximum absolute atomic E-state index is 12.4. The Bertz CT molecular complexity index is 1130. The molecule has 1 aromatic heterocycles. The number of anilines is 1. The van der Waals surface area contributed by atoms with E-state index in [-0.39, 0.29) is 23.6 Å². The summed E-state index contributed by atoms with van der Waals surface area (Å²) in [6, 6.07) is 11.4. The number of aryl methyl sites for hydroxylation is 1. The predicted octanol–water partition coefficient (Wildman–Crippen LogP) is 3.27. The van der Waals surface area contributed by atoms with Crippen LogP contribution in [0.3, 0.4) is 0 Å². The molecule has 3 rings (SSSR count). The molecular weight excluding hydrogens is 380 g/mol. The molecule has 0 fully saturated rings. The Morgan fingerprint density at radius 3 is 2.79 bits per heavy atom. The molecule has 3 aromatic rings. The predicted molar refractivity (Wildman–Crippen MR) is 109 cm³/mol. The van der Waals surface area contributed by atoms with Crippen LogP contribution in [0.4, 0.5) is 11.4 Å². The van der Waals surface area contributed by atoms with E-state index >= 15 is 0 Å². The van der Waals surface area contributed by atoms with Crippen molar-refractivity contribution in [1.82, 2.24) is 9.55 Å². The van der Waals surface area contributed by atoms with E-state index in [1.807, 2.05) is 6.07 Å². The fourth-order valence-electron chi connectivity index (χ4n) is 2.63. The van der Waals surface area contributed by atoms with Gasteiger partial charge in [-0.3, -0.25) is 24.3 Å². The summed E-state index contributed by atoms with van der Waals surface area (Å²) in [5, 5.41) is 14.7. The van der Waals surface area contributed by atoms with Crippen molar-refractivity contribution in [3.8, 4) is 0 Å². The summed E-state index contributed by atoms with van der Waals surface area (Å²) in [6.07, 6.45) is 0.176. The van der Waals surface area contributed by atoms with Crippen molar-refractivity contribution in [3.63, 3.8) is 0 Å². The van der Waals surface area contributed by atoms with Crippen LogP contribution in [0.5, 0.6) is 0 Å². The van der Waals surface area contributed by atoms with Crippen LogP contribution < -0.4 is 10.9 Å². The Morgan fingerprint density at radius 2 is 2.04 bits per heavy atom. The van der Waals surface area contributed by atoms with Crippen molar-refractivity contribution >= 4 is 39.9 Å². The summed E-state index contributed by atoms with van der Waals surface area (Å²) in [5.41, 5.74) is 1.56. The van der Waals surface area contributed by atoms with E-state index in [0.29, 0.717) is 27.5 Å². The molecule has 0 saturated carbocycles. The van der Waals surface area contributed by atoms with Crippen LogP contribution in [0.1, 0.15) is 12.0 Å². The molecule has 1 N–H and O–H groups in total. The Kier molecular flexibility index (Phi) is 5.74. The largest absolute Gasteiger partial charge is 0.326 e. The maximum Gasteiger partial charge on any atom is 0.271 e. The number of non-ortho nitro benzene ring substituents is 1. The van der Waals surface area contributed by atoms with Gasteiger partial charge >= 0.3 is 0 Å². The van der Waals surface area contributed by atoms with Gasteiger partial charge in [0.1, 0.15) is 0 Å². The number of aromatic nitrogens is 2. The molecule has 0 aliphatic heterocycles. The number of nitro benzene ring substituents is 1. The molecule has 0 bridgehead atoms. The SMILES string of the molecule is Cc1ccc([N+](=O)[O-])cc1NC(=O)CCSc1nc2ccccc2c(=O)n1C. The highest BCUT2D eigenvalue weighted by Gasteiger charge is 2.12. The molecule has 8 nitrogen and oxygen atoms in total. The van der Waals surface area contributed by atoms with Crippen LogP contribution in [-0.4, -0.2) is 26.1 Å². The summed E-state index contributed by atoms with van der Waals surface area (Å²) >= 11 is 1.31. The van der Waals surface area contributed by atoms with Gasteiger partial charge in [-0.15, -0.1) is 0 Å². The number of thioether (sulfide) groups is 1. The number of para-hydroxylation sites is 1. The first kappa shape index (κ1) is 19.6. The molecule has 0 atom stereocenters. The Morgan fingerprint density at radius 1 is 1.29 bits per heavy atom. The number of hydrogen-bond donors (Lipinski definition) is 1. The molecule has 0 unspecified atom stereocenters. The molecule has 2 aromatic carbocycles. The average molecular weight is 398 g/mol. The van der Waals surface area contributed by atoms with Gasteiger partial charge in [0, 0.05) is 31.4 Å². The van der Waals surface area contributed by atoms with E-state index in [1.165, 1.54) is 28.5 Å². The van der Waals surface area contributed by atoms with Gasteiger partial charge in [0.25, 0.3) is 11.2 Å². The molecular formula is C19H18N4O4S. The lowest BCUT2D eigenvalue weighted by Crippen LogP contribution is -2.20. The topological polar surface area (TPSA) is 107 Å². The number of benzene rings is 2. The van der Waals surface area contributed by atoms with Crippen LogP contribution in [0.15, 0.2) is 52.4 Å². The van der Waals surface area contributed by atoms with Crippen LogP contribution >= 0.6 is 11.8 Å². The first-order chi connectivity index (χ1) is 13.4. The van der Waals surface area contributed by atoms with Crippen LogP contribution in [0, 0.1) is 17.0 Å². The number of nitro groups is 1. The van der Waals surface area contributed by atoms with Crippen LogP contribution in [-0.2, 0) is 11.8 Å². The monoisotopic (exact) mass is 398 g/mol. The quantitative estimate of drug-likeness (QED) is 0.296. The molecule has 0 aliphatic rings.